The molecule has 0 amide bonds. The van der Waals surface area contributed by atoms with Gasteiger partial charge < -0.3 is 14.2 Å². The van der Waals surface area contributed by atoms with Crippen LogP contribution in [0.15, 0.2) is 69.6 Å². The second kappa shape index (κ2) is 10.1. The molecule has 1 aromatic heterocycles. The molecule has 0 bridgehead atoms. The van der Waals surface area contributed by atoms with E-state index < -0.39 is 12.0 Å². The summed E-state index contributed by atoms with van der Waals surface area (Å²) in [6, 6.07) is 14.2. The molecule has 0 fully saturated rings. The van der Waals surface area contributed by atoms with E-state index in [2.05, 4.69) is 4.99 Å². The van der Waals surface area contributed by atoms with Crippen molar-refractivity contribution in [1.29, 1.82) is 0 Å². The summed E-state index contributed by atoms with van der Waals surface area (Å²) >= 11 is 1.29. The molecule has 0 unspecified atom stereocenters. The molecule has 0 aliphatic carbocycles. The number of aromatic nitrogens is 1. The number of thiazole rings is 1. The van der Waals surface area contributed by atoms with E-state index in [-0.39, 0.29) is 12.2 Å². The number of hydrogen-bond acceptors (Lipinski definition) is 7. The summed E-state index contributed by atoms with van der Waals surface area (Å²) < 4.78 is 18.5. The van der Waals surface area contributed by atoms with E-state index >= 15 is 0 Å². The summed E-state index contributed by atoms with van der Waals surface area (Å²) in [5, 5.41) is 0. The maximum atomic E-state index is 13.7. The Morgan fingerprint density at radius 2 is 1.85 bits per heavy atom. The van der Waals surface area contributed by atoms with Gasteiger partial charge in [-0.05, 0) is 50.6 Å². The van der Waals surface area contributed by atoms with Crippen LogP contribution in [0.25, 0.3) is 6.08 Å². The van der Waals surface area contributed by atoms with Crippen molar-refractivity contribution in [2.45, 2.75) is 26.8 Å². The van der Waals surface area contributed by atoms with E-state index in [1.165, 1.54) is 11.3 Å². The highest BCUT2D eigenvalue weighted by atomic mass is 32.1. The number of allylic oxidation sites excluding steroid dienone is 1. The minimum Gasteiger partial charge on any atom is -0.497 e. The van der Waals surface area contributed by atoms with Gasteiger partial charge in [-0.1, -0.05) is 41.7 Å². The lowest BCUT2D eigenvalue weighted by molar-refractivity contribution is -0.139. The predicted molar refractivity (Wildman–Crippen MR) is 131 cm³/mol. The Morgan fingerprint density at radius 3 is 2.53 bits per heavy atom. The molecule has 8 heteroatoms. The number of rotatable bonds is 7. The van der Waals surface area contributed by atoms with Crippen LogP contribution in [0, 0.1) is 0 Å². The Bertz CT molecular complexity index is 1420. The van der Waals surface area contributed by atoms with Crippen molar-refractivity contribution in [1.82, 2.24) is 4.57 Å². The van der Waals surface area contributed by atoms with E-state index in [9.17, 15) is 9.59 Å². The minimum atomic E-state index is -0.712. The third-order valence-electron chi connectivity index (χ3n) is 5.44. The van der Waals surface area contributed by atoms with Gasteiger partial charge in [-0.15, -0.1) is 0 Å². The smallest absolute Gasteiger partial charge is 0.338 e. The fourth-order valence-electron chi connectivity index (χ4n) is 3.93. The lowest BCUT2D eigenvalue weighted by Crippen LogP contribution is -2.40. The Labute approximate surface area is 201 Å². The number of fused-ring (bicyclic) bond motifs is 1. The van der Waals surface area contributed by atoms with Gasteiger partial charge in [-0.2, -0.15) is 0 Å². The second-order valence-electron chi connectivity index (χ2n) is 7.55. The highest BCUT2D eigenvalue weighted by Crippen LogP contribution is 2.35. The number of hydrogen-bond donors (Lipinski definition) is 0. The molecule has 3 aromatic rings. The molecule has 4 rings (SSSR count). The number of carbonyl (C=O) groups is 1. The monoisotopic (exact) mass is 478 g/mol. The van der Waals surface area contributed by atoms with Crippen LogP contribution in [0.2, 0.25) is 0 Å². The second-order valence-corrected chi connectivity index (χ2v) is 8.56. The first-order chi connectivity index (χ1) is 16.5. The number of para-hydroxylation sites is 1. The molecular formula is C26H26N2O5S. The van der Waals surface area contributed by atoms with Crippen molar-refractivity contribution < 1.29 is 19.0 Å². The third kappa shape index (κ3) is 4.41. The van der Waals surface area contributed by atoms with Crippen LogP contribution in [0.4, 0.5) is 0 Å². The van der Waals surface area contributed by atoms with Crippen LogP contribution < -0.4 is 24.4 Å². The Hall–Kier alpha value is -3.65. The first kappa shape index (κ1) is 23.5. The average molecular weight is 479 g/mol. The molecule has 1 aliphatic heterocycles. The van der Waals surface area contributed by atoms with Gasteiger partial charge in [0.1, 0.15) is 17.5 Å². The quantitative estimate of drug-likeness (QED) is 0.488. The van der Waals surface area contributed by atoms with E-state index in [4.69, 9.17) is 14.2 Å². The number of carbonyl (C=O) groups excluding carboxylic acids is 1. The zero-order valence-electron chi connectivity index (χ0n) is 19.5. The average Bonchev–Trinajstić information content (AvgIpc) is 3.14. The van der Waals surface area contributed by atoms with E-state index in [0.717, 1.165) is 11.3 Å². The highest BCUT2D eigenvalue weighted by molar-refractivity contribution is 7.07. The maximum absolute atomic E-state index is 13.7. The van der Waals surface area contributed by atoms with Crippen molar-refractivity contribution in [3.63, 3.8) is 0 Å². The number of methoxy groups -OCH3 is 1. The summed E-state index contributed by atoms with van der Waals surface area (Å²) in [6.45, 7) is 6.08. The van der Waals surface area contributed by atoms with Gasteiger partial charge in [0.05, 0.1) is 36.1 Å². The lowest BCUT2D eigenvalue weighted by atomic mass is 9.95. The molecule has 2 heterocycles. The lowest BCUT2D eigenvalue weighted by Gasteiger charge is -2.26. The van der Waals surface area contributed by atoms with Crippen LogP contribution in [0.3, 0.4) is 0 Å². The van der Waals surface area contributed by atoms with Gasteiger partial charge in [-0.3, -0.25) is 9.36 Å². The van der Waals surface area contributed by atoms with Crippen molar-refractivity contribution in [3.8, 4) is 11.5 Å². The van der Waals surface area contributed by atoms with E-state index in [1.54, 1.807) is 25.5 Å². The molecule has 176 valence electrons. The van der Waals surface area contributed by atoms with Crippen molar-refractivity contribution in [2.24, 2.45) is 4.99 Å². The number of benzene rings is 2. The number of ether oxygens (including phenoxy) is 3. The predicted octanol–water partition coefficient (Wildman–Crippen LogP) is 3.21. The van der Waals surface area contributed by atoms with Gasteiger partial charge >= 0.3 is 5.97 Å². The minimum absolute atomic E-state index is 0.220. The van der Waals surface area contributed by atoms with Gasteiger partial charge in [0.2, 0.25) is 0 Å². The van der Waals surface area contributed by atoms with Gasteiger partial charge in [-0.25, -0.2) is 9.79 Å². The summed E-state index contributed by atoms with van der Waals surface area (Å²) in [4.78, 5) is 31.8. The van der Waals surface area contributed by atoms with Gasteiger partial charge in [0, 0.05) is 5.56 Å². The van der Waals surface area contributed by atoms with Crippen LogP contribution in [-0.4, -0.2) is 30.9 Å². The number of nitrogens with zero attached hydrogens (tertiary/aromatic N) is 2. The van der Waals surface area contributed by atoms with Crippen molar-refractivity contribution in [2.75, 3.05) is 20.3 Å². The molecule has 0 spiro atoms. The number of esters is 1. The summed E-state index contributed by atoms with van der Waals surface area (Å²) in [6.07, 6.45) is 1.82. The van der Waals surface area contributed by atoms with Crippen molar-refractivity contribution >= 4 is 23.4 Å². The van der Waals surface area contributed by atoms with Crippen LogP contribution in [0.5, 0.6) is 11.5 Å². The zero-order chi connectivity index (χ0) is 24.2. The SMILES string of the molecule is CCOC(=O)C1=C(C)N=c2s/c(=C\c3ccc(OC)cc3)c(=O)n2[C@H]1c1ccccc1OCC. The van der Waals surface area contributed by atoms with E-state index in [0.29, 0.717) is 38.5 Å². The molecule has 0 radical (unpaired) electrons. The van der Waals surface area contributed by atoms with Crippen molar-refractivity contribution in [3.05, 3.63) is 90.6 Å². The fraction of sp³-hybridized carbons (Fsp3) is 0.269. The maximum Gasteiger partial charge on any atom is 0.338 e. The Kier molecular flexibility index (Phi) is 6.98. The Balaban J connectivity index is 1.95. The molecular weight excluding hydrogens is 452 g/mol. The molecule has 0 N–H and O–H groups in total. The summed E-state index contributed by atoms with van der Waals surface area (Å²) in [5.74, 6) is 0.849. The zero-order valence-corrected chi connectivity index (χ0v) is 20.3. The molecule has 1 aliphatic rings. The van der Waals surface area contributed by atoms with Crippen LogP contribution in [0.1, 0.15) is 37.9 Å². The van der Waals surface area contributed by atoms with E-state index in [1.807, 2.05) is 61.5 Å². The molecule has 0 saturated heterocycles. The molecule has 1 atom stereocenters. The first-order valence-electron chi connectivity index (χ1n) is 11.0. The first-order valence-corrected chi connectivity index (χ1v) is 11.9. The largest absolute Gasteiger partial charge is 0.497 e. The molecule has 7 nitrogen and oxygen atoms in total. The highest BCUT2D eigenvalue weighted by Gasteiger charge is 2.35. The normalized spacial score (nSPS) is 15.5. The third-order valence-corrected chi connectivity index (χ3v) is 6.43. The van der Waals surface area contributed by atoms with Crippen LogP contribution >= 0.6 is 11.3 Å². The summed E-state index contributed by atoms with van der Waals surface area (Å²) in [5.41, 5.74) is 2.19. The topological polar surface area (TPSA) is 79.1 Å². The molecule has 0 saturated carbocycles. The van der Waals surface area contributed by atoms with Gasteiger partial charge in [0.15, 0.2) is 4.80 Å². The summed E-state index contributed by atoms with van der Waals surface area (Å²) in [7, 11) is 1.61. The fourth-order valence-corrected chi connectivity index (χ4v) is 4.98. The standard InChI is InChI=1S/C26H26N2O5S/c1-5-32-20-10-8-7-9-19(20)23-22(25(30)33-6-2)16(3)27-26-28(23)24(29)21(34-26)15-17-11-13-18(31-4)14-12-17/h7-15,23H,5-6H2,1-4H3/b21-15-/t23-/m0/s1. The molecule has 2 aromatic carbocycles. The Morgan fingerprint density at radius 1 is 1.12 bits per heavy atom. The van der Waals surface area contributed by atoms with Gasteiger partial charge in [0.25, 0.3) is 5.56 Å². The molecule has 34 heavy (non-hydrogen) atoms. The van der Waals surface area contributed by atoms with Crippen LogP contribution in [-0.2, 0) is 9.53 Å².